The zero-order valence-corrected chi connectivity index (χ0v) is 13.0. The van der Waals surface area contributed by atoms with Crippen LogP contribution < -0.4 is 5.46 Å². The number of aryl methyl sites for hydroxylation is 1. The van der Waals surface area contributed by atoms with Gasteiger partial charge in [-0.25, -0.2) is 14.6 Å². The Hall–Kier alpha value is -1.73. The molecule has 0 N–H and O–H groups in total. The van der Waals surface area contributed by atoms with Gasteiger partial charge in [-0.15, -0.1) is 0 Å². The molecule has 0 aromatic carbocycles. The minimum Gasteiger partial charge on any atom is -0.399 e. The number of nitrogens with zero attached hydrogens (tertiary/aromatic N) is 4. The first-order valence-corrected chi connectivity index (χ1v) is 6.99. The van der Waals surface area contributed by atoms with Crippen molar-refractivity contribution in [3.8, 4) is 5.95 Å². The van der Waals surface area contributed by atoms with Gasteiger partial charge in [0.05, 0.1) is 11.2 Å². The van der Waals surface area contributed by atoms with Gasteiger partial charge >= 0.3 is 7.12 Å². The summed E-state index contributed by atoms with van der Waals surface area (Å²) in [5.74, 6) is 0.540. The molecule has 1 fully saturated rings. The van der Waals surface area contributed by atoms with E-state index in [9.17, 15) is 0 Å². The summed E-state index contributed by atoms with van der Waals surface area (Å²) in [4.78, 5) is 8.56. The second kappa shape index (κ2) is 4.64. The summed E-state index contributed by atoms with van der Waals surface area (Å²) in [6.07, 6.45) is 5.29. The molecule has 7 heteroatoms. The van der Waals surface area contributed by atoms with E-state index < -0.39 is 7.12 Å². The van der Waals surface area contributed by atoms with Crippen LogP contribution >= 0.6 is 0 Å². The lowest BCUT2D eigenvalue weighted by atomic mass is 9.82. The molecule has 1 aliphatic rings. The van der Waals surface area contributed by atoms with Gasteiger partial charge in [-0.1, -0.05) is 0 Å². The van der Waals surface area contributed by atoms with Crippen molar-refractivity contribution in [2.24, 2.45) is 0 Å². The Morgan fingerprint density at radius 1 is 1.14 bits per heavy atom. The van der Waals surface area contributed by atoms with Crippen molar-refractivity contribution in [3.05, 3.63) is 30.4 Å². The van der Waals surface area contributed by atoms with E-state index >= 15 is 0 Å². The first kappa shape index (κ1) is 14.2. The largest absolute Gasteiger partial charge is 0.498 e. The second-order valence-corrected chi connectivity index (χ2v) is 6.30. The van der Waals surface area contributed by atoms with E-state index in [0.29, 0.717) is 5.95 Å². The van der Waals surface area contributed by atoms with E-state index in [0.717, 1.165) is 11.2 Å². The van der Waals surface area contributed by atoms with Crippen LogP contribution in [0.25, 0.3) is 5.95 Å². The first-order chi connectivity index (χ1) is 9.78. The molecule has 1 saturated heterocycles. The molecule has 0 spiro atoms. The predicted octanol–water partition coefficient (Wildman–Crippen LogP) is 1.27. The fourth-order valence-electron chi connectivity index (χ4n) is 2.09. The van der Waals surface area contributed by atoms with Gasteiger partial charge in [-0.2, -0.15) is 5.10 Å². The van der Waals surface area contributed by atoms with E-state index in [1.807, 2.05) is 46.9 Å². The van der Waals surface area contributed by atoms with Crippen molar-refractivity contribution in [2.45, 2.75) is 45.8 Å². The lowest BCUT2D eigenvalue weighted by molar-refractivity contribution is 0.00578. The number of aromatic nitrogens is 4. The van der Waals surface area contributed by atoms with Crippen LogP contribution in [-0.2, 0) is 9.31 Å². The molecule has 0 unspecified atom stereocenters. The Kier molecular flexibility index (Phi) is 3.14. The zero-order chi connectivity index (χ0) is 15.3. The predicted molar refractivity (Wildman–Crippen MR) is 79.6 cm³/mol. The van der Waals surface area contributed by atoms with E-state index in [1.165, 1.54) is 0 Å². The average molecular weight is 286 g/mol. The van der Waals surface area contributed by atoms with E-state index in [2.05, 4.69) is 15.1 Å². The number of hydrogen-bond donors (Lipinski definition) is 0. The van der Waals surface area contributed by atoms with Crippen molar-refractivity contribution >= 4 is 12.6 Å². The lowest BCUT2D eigenvalue weighted by Gasteiger charge is -2.32. The molecular formula is C14H19BN4O2. The minimum atomic E-state index is -0.423. The molecule has 0 amide bonds. The fraction of sp³-hybridized carbons (Fsp3) is 0.500. The maximum Gasteiger partial charge on any atom is 0.498 e. The third-order valence-corrected chi connectivity index (χ3v) is 4.11. The van der Waals surface area contributed by atoms with Crippen LogP contribution in [0.1, 0.15) is 33.4 Å². The Bertz CT molecular complexity index is 652. The van der Waals surface area contributed by atoms with E-state index in [-0.39, 0.29) is 11.2 Å². The van der Waals surface area contributed by atoms with Crippen LogP contribution in [0, 0.1) is 6.92 Å². The monoisotopic (exact) mass is 286 g/mol. The van der Waals surface area contributed by atoms with Crippen molar-refractivity contribution in [3.63, 3.8) is 0 Å². The molecule has 0 saturated carbocycles. The molecule has 2 aromatic heterocycles. The zero-order valence-electron chi connectivity index (χ0n) is 13.0. The summed E-state index contributed by atoms with van der Waals surface area (Å²) >= 11 is 0. The van der Waals surface area contributed by atoms with Crippen LogP contribution in [-0.4, -0.2) is 38.1 Å². The van der Waals surface area contributed by atoms with E-state index in [4.69, 9.17) is 9.31 Å². The minimum absolute atomic E-state index is 0.362. The standard InChI is InChI=1S/C14H19BN4O2/c1-10-6-7-16-12(18-10)19-9-11(8-17-19)15-20-13(2,3)14(4,5)21-15/h6-9H,1-5H3. The molecular weight excluding hydrogens is 267 g/mol. The summed E-state index contributed by atoms with van der Waals surface area (Å²) in [6, 6.07) is 1.85. The summed E-state index contributed by atoms with van der Waals surface area (Å²) in [7, 11) is -0.423. The van der Waals surface area contributed by atoms with Crippen molar-refractivity contribution in [1.29, 1.82) is 0 Å². The van der Waals surface area contributed by atoms with Crippen LogP contribution in [0.5, 0.6) is 0 Å². The fourth-order valence-corrected chi connectivity index (χ4v) is 2.09. The lowest BCUT2D eigenvalue weighted by Crippen LogP contribution is -2.41. The molecule has 0 bridgehead atoms. The summed E-state index contributed by atoms with van der Waals surface area (Å²) in [5.41, 5.74) is 1.03. The normalized spacial score (nSPS) is 20.0. The molecule has 0 radical (unpaired) electrons. The quantitative estimate of drug-likeness (QED) is 0.778. The summed E-state index contributed by atoms with van der Waals surface area (Å²) < 4.78 is 13.6. The van der Waals surface area contributed by atoms with Gasteiger partial charge in [-0.05, 0) is 40.7 Å². The van der Waals surface area contributed by atoms with Gasteiger partial charge in [0.2, 0.25) is 0 Å². The van der Waals surface area contributed by atoms with Crippen molar-refractivity contribution in [1.82, 2.24) is 19.7 Å². The topological polar surface area (TPSA) is 62.1 Å². The highest BCUT2D eigenvalue weighted by atomic mass is 16.7. The highest BCUT2D eigenvalue weighted by Crippen LogP contribution is 2.36. The van der Waals surface area contributed by atoms with Crippen LogP contribution in [0.15, 0.2) is 24.7 Å². The van der Waals surface area contributed by atoms with Gasteiger partial charge < -0.3 is 9.31 Å². The molecule has 110 valence electrons. The maximum absolute atomic E-state index is 6.01. The van der Waals surface area contributed by atoms with Crippen molar-refractivity contribution in [2.75, 3.05) is 0 Å². The third kappa shape index (κ3) is 2.47. The van der Waals surface area contributed by atoms with Crippen LogP contribution in [0.4, 0.5) is 0 Å². The molecule has 6 nitrogen and oxygen atoms in total. The number of hydrogen-bond acceptors (Lipinski definition) is 5. The van der Waals surface area contributed by atoms with Crippen molar-refractivity contribution < 1.29 is 9.31 Å². The average Bonchev–Trinajstić information content (AvgIpc) is 2.93. The molecule has 0 aliphatic carbocycles. The SMILES string of the molecule is Cc1ccnc(-n2cc(B3OC(C)(C)C(C)(C)O3)cn2)n1. The Morgan fingerprint density at radius 2 is 1.81 bits per heavy atom. The molecule has 1 aliphatic heterocycles. The van der Waals surface area contributed by atoms with Gasteiger partial charge in [0, 0.05) is 29.7 Å². The van der Waals surface area contributed by atoms with Gasteiger partial charge in [0.25, 0.3) is 5.95 Å². The Labute approximate surface area is 124 Å². The van der Waals surface area contributed by atoms with Gasteiger partial charge in [0.1, 0.15) is 0 Å². The Balaban J connectivity index is 1.87. The number of rotatable bonds is 2. The third-order valence-electron chi connectivity index (χ3n) is 4.11. The van der Waals surface area contributed by atoms with E-state index in [1.54, 1.807) is 17.1 Å². The smallest absolute Gasteiger partial charge is 0.399 e. The van der Waals surface area contributed by atoms with Gasteiger partial charge in [0.15, 0.2) is 0 Å². The molecule has 0 atom stereocenters. The second-order valence-electron chi connectivity index (χ2n) is 6.30. The molecule has 2 aromatic rings. The summed E-state index contributed by atoms with van der Waals surface area (Å²) in [5, 5.41) is 4.30. The highest BCUT2D eigenvalue weighted by Gasteiger charge is 2.52. The first-order valence-electron chi connectivity index (χ1n) is 6.99. The van der Waals surface area contributed by atoms with Crippen LogP contribution in [0.3, 0.4) is 0 Å². The highest BCUT2D eigenvalue weighted by molar-refractivity contribution is 6.62. The Morgan fingerprint density at radius 3 is 2.43 bits per heavy atom. The molecule has 3 rings (SSSR count). The molecule has 3 heterocycles. The van der Waals surface area contributed by atoms with Gasteiger partial charge in [-0.3, -0.25) is 0 Å². The van der Waals surface area contributed by atoms with Crippen LogP contribution in [0.2, 0.25) is 0 Å². The molecule has 21 heavy (non-hydrogen) atoms. The maximum atomic E-state index is 6.01. The summed E-state index contributed by atoms with van der Waals surface area (Å²) in [6.45, 7) is 10.0.